The molecule has 144 valence electrons. The molecule has 0 N–H and O–H groups in total. The molecular formula is C25H21FN2S. The van der Waals surface area contributed by atoms with Crippen LogP contribution in [0.1, 0.15) is 22.3 Å². The second-order valence-corrected chi connectivity index (χ2v) is 7.95. The number of hydrogen-bond acceptors (Lipinski definition) is 1. The minimum Gasteiger partial charge on any atom is -0.358 e. The fourth-order valence-corrected chi connectivity index (χ4v) is 4.49. The molecule has 29 heavy (non-hydrogen) atoms. The lowest BCUT2D eigenvalue weighted by atomic mass is 9.99. The summed E-state index contributed by atoms with van der Waals surface area (Å²) in [7, 11) is 0. The van der Waals surface area contributed by atoms with Crippen LogP contribution in [0.2, 0.25) is 0 Å². The van der Waals surface area contributed by atoms with Crippen molar-refractivity contribution in [2.75, 3.05) is 6.54 Å². The summed E-state index contributed by atoms with van der Waals surface area (Å²) in [6.45, 7) is 2.48. The van der Waals surface area contributed by atoms with Gasteiger partial charge in [0, 0.05) is 42.3 Å². The fraction of sp³-hybridized carbons (Fsp3) is 0.160. The molecule has 2 heterocycles. The van der Waals surface area contributed by atoms with E-state index in [-0.39, 0.29) is 5.82 Å². The zero-order chi connectivity index (χ0) is 19.8. The van der Waals surface area contributed by atoms with E-state index in [9.17, 15) is 4.39 Å². The van der Waals surface area contributed by atoms with Crippen LogP contribution in [0, 0.1) is 5.82 Å². The summed E-state index contributed by atoms with van der Waals surface area (Å²) >= 11 is 5.96. The Bertz CT molecular complexity index is 1190. The quantitative estimate of drug-likeness (QED) is 0.416. The van der Waals surface area contributed by atoms with Crippen LogP contribution in [0.5, 0.6) is 0 Å². The van der Waals surface area contributed by atoms with Gasteiger partial charge < -0.3 is 9.47 Å². The Morgan fingerprint density at radius 3 is 2.45 bits per heavy atom. The molecule has 0 aliphatic carbocycles. The van der Waals surface area contributed by atoms with Gasteiger partial charge in [-0.05, 0) is 41.3 Å². The fourth-order valence-electron chi connectivity index (χ4n) is 4.17. The van der Waals surface area contributed by atoms with Crippen molar-refractivity contribution in [2.24, 2.45) is 0 Å². The Morgan fingerprint density at radius 1 is 0.897 bits per heavy atom. The molecule has 0 spiro atoms. The molecule has 0 fully saturated rings. The first kappa shape index (κ1) is 18.1. The standard InChI is InChI=1S/C25H21FN2S/c26-21-11-9-18(10-12-21)15-28-17-23(22-7-3-4-8-24(22)28)25(29)27-14-13-19-5-1-2-6-20(19)16-27/h1-12,17H,13-16H2. The number of para-hydroxylation sites is 1. The predicted octanol–water partition coefficient (Wildman–Crippen LogP) is 5.56. The summed E-state index contributed by atoms with van der Waals surface area (Å²) in [4.78, 5) is 3.20. The van der Waals surface area contributed by atoms with Crippen molar-refractivity contribution >= 4 is 28.1 Å². The van der Waals surface area contributed by atoms with Gasteiger partial charge in [-0.15, -0.1) is 0 Å². The molecule has 3 aromatic carbocycles. The largest absolute Gasteiger partial charge is 0.358 e. The van der Waals surface area contributed by atoms with Crippen molar-refractivity contribution in [3.63, 3.8) is 0 Å². The van der Waals surface area contributed by atoms with E-state index in [1.165, 1.54) is 28.6 Å². The zero-order valence-corrected chi connectivity index (χ0v) is 16.8. The van der Waals surface area contributed by atoms with Crippen molar-refractivity contribution in [3.8, 4) is 0 Å². The van der Waals surface area contributed by atoms with E-state index in [1.54, 1.807) is 0 Å². The average Bonchev–Trinajstić information content (AvgIpc) is 3.13. The summed E-state index contributed by atoms with van der Waals surface area (Å²) in [5.74, 6) is -0.210. The highest BCUT2D eigenvalue weighted by atomic mass is 32.1. The molecule has 0 saturated carbocycles. The van der Waals surface area contributed by atoms with Gasteiger partial charge in [0.05, 0.1) is 0 Å². The molecule has 0 amide bonds. The Balaban J connectivity index is 1.49. The van der Waals surface area contributed by atoms with Crippen LogP contribution in [-0.2, 0) is 19.5 Å². The molecule has 4 aromatic rings. The Labute approximate surface area is 175 Å². The second-order valence-electron chi connectivity index (χ2n) is 7.56. The predicted molar refractivity (Wildman–Crippen MR) is 120 cm³/mol. The van der Waals surface area contributed by atoms with E-state index in [1.807, 2.05) is 18.2 Å². The van der Waals surface area contributed by atoms with Crippen molar-refractivity contribution in [3.05, 3.63) is 107 Å². The van der Waals surface area contributed by atoms with Crippen molar-refractivity contribution in [2.45, 2.75) is 19.5 Å². The molecule has 4 heteroatoms. The number of benzene rings is 3. The number of aromatic nitrogens is 1. The normalized spacial score (nSPS) is 13.5. The molecule has 2 nitrogen and oxygen atoms in total. The number of nitrogens with zero attached hydrogens (tertiary/aromatic N) is 2. The maximum atomic E-state index is 13.3. The SMILES string of the molecule is Fc1ccc(Cn2cc(C(=S)N3CCc4ccccc4C3)c3ccccc32)cc1. The van der Waals surface area contributed by atoms with E-state index >= 15 is 0 Å². The summed E-state index contributed by atoms with van der Waals surface area (Å²) in [5.41, 5.74) is 6.08. The van der Waals surface area contributed by atoms with E-state index < -0.39 is 0 Å². The molecule has 0 radical (unpaired) electrons. The van der Waals surface area contributed by atoms with E-state index in [0.29, 0.717) is 6.54 Å². The number of hydrogen-bond donors (Lipinski definition) is 0. The lowest BCUT2D eigenvalue weighted by Gasteiger charge is -2.30. The van der Waals surface area contributed by atoms with Gasteiger partial charge >= 0.3 is 0 Å². The van der Waals surface area contributed by atoms with Crippen molar-refractivity contribution in [1.82, 2.24) is 9.47 Å². The highest BCUT2D eigenvalue weighted by Crippen LogP contribution is 2.27. The van der Waals surface area contributed by atoms with Gasteiger partial charge in [-0.1, -0.05) is 66.8 Å². The molecule has 1 aliphatic heterocycles. The highest BCUT2D eigenvalue weighted by Gasteiger charge is 2.21. The minimum absolute atomic E-state index is 0.210. The Kier molecular flexibility index (Phi) is 4.64. The number of halogens is 1. The number of thiocarbonyl (C=S) groups is 1. The van der Waals surface area contributed by atoms with Crippen LogP contribution in [-0.4, -0.2) is 21.0 Å². The van der Waals surface area contributed by atoms with Gasteiger partial charge in [0.2, 0.25) is 0 Å². The van der Waals surface area contributed by atoms with Gasteiger partial charge in [0.15, 0.2) is 0 Å². The van der Waals surface area contributed by atoms with E-state index in [0.717, 1.165) is 41.1 Å². The van der Waals surface area contributed by atoms with Crippen LogP contribution < -0.4 is 0 Å². The van der Waals surface area contributed by atoms with Crippen LogP contribution in [0.4, 0.5) is 4.39 Å². The molecule has 1 aromatic heterocycles. The maximum Gasteiger partial charge on any atom is 0.123 e. The van der Waals surface area contributed by atoms with Gasteiger partial charge in [0.25, 0.3) is 0 Å². The summed E-state index contributed by atoms with van der Waals surface area (Å²) in [6.07, 6.45) is 3.17. The molecule has 1 aliphatic rings. The van der Waals surface area contributed by atoms with Crippen LogP contribution in [0.15, 0.2) is 79.0 Å². The average molecular weight is 401 g/mol. The smallest absolute Gasteiger partial charge is 0.123 e. The summed E-state index contributed by atoms with van der Waals surface area (Å²) in [5, 5.41) is 1.17. The maximum absolute atomic E-state index is 13.3. The van der Waals surface area contributed by atoms with Gasteiger partial charge in [-0.3, -0.25) is 0 Å². The van der Waals surface area contributed by atoms with Crippen molar-refractivity contribution in [1.29, 1.82) is 0 Å². The Hall–Kier alpha value is -2.98. The third kappa shape index (κ3) is 3.45. The number of fused-ring (bicyclic) bond motifs is 2. The second kappa shape index (κ2) is 7.45. The van der Waals surface area contributed by atoms with E-state index in [2.05, 4.69) is 58.1 Å². The van der Waals surface area contributed by atoms with Gasteiger partial charge in [-0.25, -0.2) is 4.39 Å². The topological polar surface area (TPSA) is 8.17 Å². The van der Waals surface area contributed by atoms with Crippen LogP contribution in [0.3, 0.4) is 0 Å². The van der Waals surface area contributed by atoms with Gasteiger partial charge in [-0.2, -0.15) is 0 Å². The third-order valence-electron chi connectivity index (χ3n) is 5.70. The lowest BCUT2D eigenvalue weighted by molar-refractivity contribution is 0.401. The van der Waals surface area contributed by atoms with Crippen LogP contribution in [0.25, 0.3) is 10.9 Å². The number of rotatable bonds is 3. The lowest BCUT2D eigenvalue weighted by Crippen LogP contribution is -2.35. The highest BCUT2D eigenvalue weighted by molar-refractivity contribution is 7.80. The molecule has 0 bridgehead atoms. The first-order chi connectivity index (χ1) is 14.2. The summed E-state index contributed by atoms with van der Waals surface area (Å²) in [6, 6.07) is 23.7. The molecule has 5 rings (SSSR count). The minimum atomic E-state index is -0.210. The Morgan fingerprint density at radius 2 is 1.62 bits per heavy atom. The molecule has 0 saturated heterocycles. The first-order valence-electron chi connectivity index (χ1n) is 9.87. The molecule has 0 unspecified atom stereocenters. The molecule has 0 atom stereocenters. The molecular weight excluding hydrogens is 379 g/mol. The van der Waals surface area contributed by atoms with Crippen LogP contribution >= 0.6 is 12.2 Å². The van der Waals surface area contributed by atoms with Crippen molar-refractivity contribution < 1.29 is 4.39 Å². The van der Waals surface area contributed by atoms with Gasteiger partial charge in [0.1, 0.15) is 10.8 Å². The monoisotopic (exact) mass is 400 g/mol. The summed E-state index contributed by atoms with van der Waals surface area (Å²) < 4.78 is 15.5. The zero-order valence-electron chi connectivity index (χ0n) is 16.0. The third-order valence-corrected chi connectivity index (χ3v) is 6.18. The first-order valence-corrected chi connectivity index (χ1v) is 10.3. The van der Waals surface area contributed by atoms with E-state index in [4.69, 9.17) is 12.2 Å².